The van der Waals surface area contributed by atoms with Gasteiger partial charge in [0, 0.05) is 17.8 Å². The minimum absolute atomic E-state index is 0.000561. The molecule has 1 unspecified atom stereocenters. The van der Waals surface area contributed by atoms with Crippen LogP contribution in [0, 0.1) is 5.92 Å². The van der Waals surface area contributed by atoms with Gasteiger partial charge in [0.15, 0.2) is 0 Å². The Morgan fingerprint density at radius 2 is 2.33 bits per heavy atom. The average Bonchev–Trinajstić information content (AvgIpc) is 2.65. The van der Waals surface area contributed by atoms with Crippen LogP contribution in [-0.4, -0.2) is 17.6 Å². The van der Waals surface area contributed by atoms with Gasteiger partial charge < -0.3 is 10.4 Å². The number of rotatable bonds is 5. The lowest BCUT2D eigenvalue weighted by Gasteiger charge is -2.11. The van der Waals surface area contributed by atoms with Gasteiger partial charge in [-0.2, -0.15) is 0 Å². The number of aliphatic hydroxyl groups is 1. The van der Waals surface area contributed by atoms with E-state index < -0.39 is 6.10 Å². The van der Waals surface area contributed by atoms with E-state index in [4.69, 9.17) is 0 Å². The molecule has 0 aliphatic carbocycles. The van der Waals surface area contributed by atoms with Crippen molar-refractivity contribution in [3.05, 3.63) is 22.4 Å². The Morgan fingerprint density at radius 1 is 1.60 bits per heavy atom. The lowest BCUT2D eigenvalue weighted by Crippen LogP contribution is -2.28. The summed E-state index contributed by atoms with van der Waals surface area (Å²) in [7, 11) is 0. The molecule has 0 saturated carbocycles. The van der Waals surface area contributed by atoms with Gasteiger partial charge >= 0.3 is 0 Å². The Kier molecular flexibility index (Phi) is 4.78. The molecule has 1 atom stereocenters. The minimum Gasteiger partial charge on any atom is -0.386 e. The maximum atomic E-state index is 11.3. The summed E-state index contributed by atoms with van der Waals surface area (Å²) in [6.07, 6.45) is -0.0712. The van der Waals surface area contributed by atoms with E-state index in [2.05, 4.69) is 5.32 Å². The summed E-state index contributed by atoms with van der Waals surface area (Å²) in [4.78, 5) is 12.2. The molecule has 0 aromatic carbocycles. The maximum Gasteiger partial charge on any atom is 0.220 e. The molecule has 4 heteroatoms. The van der Waals surface area contributed by atoms with Crippen LogP contribution >= 0.6 is 11.3 Å². The average molecular weight is 227 g/mol. The van der Waals surface area contributed by atoms with E-state index >= 15 is 0 Å². The number of carbonyl (C=O) groups is 1. The van der Waals surface area contributed by atoms with Gasteiger partial charge in [-0.05, 0) is 17.4 Å². The van der Waals surface area contributed by atoms with Gasteiger partial charge in [0.25, 0.3) is 0 Å². The summed E-state index contributed by atoms with van der Waals surface area (Å²) in [5.74, 6) is 0.351. The minimum atomic E-state index is -0.582. The molecule has 1 amide bonds. The molecule has 84 valence electrons. The second kappa shape index (κ2) is 5.88. The zero-order chi connectivity index (χ0) is 11.3. The Labute approximate surface area is 94.1 Å². The van der Waals surface area contributed by atoms with E-state index in [-0.39, 0.29) is 5.91 Å². The van der Waals surface area contributed by atoms with Gasteiger partial charge in [0.1, 0.15) is 6.10 Å². The highest BCUT2D eigenvalue weighted by Crippen LogP contribution is 2.17. The Morgan fingerprint density at radius 3 is 2.87 bits per heavy atom. The van der Waals surface area contributed by atoms with Gasteiger partial charge in [0.05, 0.1) is 0 Å². The molecule has 1 rings (SSSR count). The SMILES string of the molecule is CC(C)CC(=O)NCC(O)c1cccs1. The molecule has 0 fully saturated rings. The fourth-order valence-electron chi connectivity index (χ4n) is 1.23. The molecule has 3 nitrogen and oxygen atoms in total. The summed E-state index contributed by atoms with van der Waals surface area (Å²) in [5, 5.41) is 14.3. The first kappa shape index (κ1) is 12.2. The summed E-state index contributed by atoms with van der Waals surface area (Å²) >= 11 is 1.50. The first-order chi connectivity index (χ1) is 7.09. The van der Waals surface area contributed by atoms with Crippen LogP contribution in [0.1, 0.15) is 31.2 Å². The van der Waals surface area contributed by atoms with Crippen molar-refractivity contribution in [1.82, 2.24) is 5.32 Å². The number of nitrogens with one attached hydrogen (secondary N) is 1. The second-order valence-electron chi connectivity index (χ2n) is 3.93. The number of carbonyl (C=O) groups excluding carboxylic acids is 1. The molecule has 0 aliphatic heterocycles. The maximum absolute atomic E-state index is 11.3. The van der Waals surface area contributed by atoms with Crippen LogP contribution in [-0.2, 0) is 4.79 Å². The fraction of sp³-hybridized carbons (Fsp3) is 0.545. The highest BCUT2D eigenvalue weighted by atomic mass is 32.1. The zero-order valence-electron chi connectivity index (χ0n) is 9.06. The first-order valence-corrected chi connectivity index (χ1v) is 5.95. The van der Waals surface area contributed by atoms with Crippen molar-refractivity contribution in [3.63, 3.8) is 0 Å². The van der Waals surface area contributed by atoms with E-state index in [0.717, 1.165) is 4.88 Å². The molecule has 0 bridgehead atoms. The Balaban J connectivity index is 2.28. The van der Waals surface area contributed by atoms with Crippen molar-refractivity contribution in [2.24, 2.45) is 5.92 Å². The van der Waals surface area contributed by atoms with Gasteiger partial charge in [-0.1, -0.05) is 19.9 Å². The molecule has 0 aliphatic rings. The first-order valence-electron chi connectivity index (χ1n) is 5.07. The van der Waals surface area contributed by atoms with Crippen LogP contribution in [0.25, 0.3) is 0 Å². The van der Waals surface area contributed by atoms with Crippen LogP contribution in [0.5, 0.6) is 0 Å². The Hall–Kier alpha value is -0.870. The summed E-state index contributed by atoms with van der Waals surface area (Å²) in [6, 6.07) is 3.75. The molecule has 1 aromatic heterocycles. The van der Waals surface area contributed by atoms with Crippen LogP contribution in [0.2, 0.25) is 0 Å². The third-order valence-corrected chi connectivity index (χ3v) is 2.93. The molecular formula is C11H17NO2S. The van der Waals surface area contributed by atoms with Crippen molar-refractivity contribution in [3.8, 4) is 0 Å². The number of hydrogen-bond acceptors (Lipinski definition) is 3. The molecule has 1 aromatic rings. The molecule has 1 heterocycles. The predicted octanol–water partition coefficient (Wildman–Crippen LogP) is 1.94. The zero-order valence-corrected chi connectivity index (χ0v) is 9.88. The Bertz CT molecular complexity index is 296. The lowest BCUT2D eigenvalue weighted by molar-refractivity contribution is -0.122. The summed E-state index contributed by atoms with van der Waals surface area (Å²) in [5.41, 5.74) is 0. The topological polar surface area (TPSA) is 49.3 Å². The molecule has 15 heavy (non-hydrogen) atoms. The van der Waals surface area contributed by atoms with Gasteiger partial charge in [-0.15, -0.1) is 11.3 Å². The fourth-order valence-corrected chi connectivity index (χ4v) is 1.95. The van der Waals surface area contributed by atoms with Crippen molar-refractivity contribution in [2.75, 3.05) is 6.54 Å². The van der Waals surface area contributed by atoms with Crippen LogP contribution in [0.4, 0.5) is 0 Å². The third-order valence-electron chi connectivity index (χ3n) is 1.96. The number of thiophene rings is 1. The number of hydrogen-bond donors (Lipinski definition) is 2. The largest absolute Gasteiger partial charge is 0.386 e. The smallest absolute Gasteiger partial charge is 0.220 e. The van der Waals surface area contributed by atoms with E-state index in [0.29, 0.717) is 18.9 Å². The van der Waals surface area contributed by atoms with Crippen molar-refractivity contribution < 1.29 is 9.90 Å². The van der Waals surface area contributed by atoms with Crippen molar-refractivity contribution >= 4 is 17.2 Å². The van der Waals surface area contributed by atoms with Gasteiger partial charge in [-0.3, -0.25) is 4.79 Å². The monoisotopic (exact) mass is 227 g/mol. The van der Waals surface area contributed by atoms with Gasteiger partial charge in [-0.25, -0.2) is 0 Å². The molecular weight excluding hydrogens is 210 g/mol. The second-order valence-corrected chi connectivity index (χ2v) is 4.91. The molecule has 2 N–H and O–H groups in total. The summed E-state index contributed by atoms with van der Waals surface area (Å²) in [6.45, 7) is 4.29. The molecule has 0 radical (unpaired) electrons. The van der Waals surface area contributed by atoms with E-state index in [1.807, 2.05) is 31.4 Å². The number of amides is 1. The standard InChI is InChI=1S/C11H17NO2S/c1-8(2)6-11(14)12-7-9(13)10-4-3-5-15-10/h3-5,8-9,13H,6-7H2,1-2H3,(H,12,14). The predicted molar refractivity (Wildman–Crippen MR) is 61.7 cm³/mol. The normalized spacial score (nSPS) is 12.8. The van der Waals surface area contributed by atoms with Gasteiger partial charge in [0.2, 0.25) is 5.91 Å². The highest BCUT2D eigenvalue weighted by molar-refractivity contribution is 7.10. The van der Waals surface area contributed by atoms with Crippen molar-refractivity contribution in [2.45, 2.75) is 26.4 Å². The van der Waals surface area contributed by atoms with E-state index in [9.17, 15) is 9.90 Å². The summed E-state index contributed by atoms with van der Waals surface area (Å²) < 4.78 is 0. The van der Waals surface area contributed by atoms with E-state index in [1.54, 1.807) is 0 Å². The quantitative estimate of drug-likeness (QED) is 0.807. The number of aliphatic hydroxyl groups excluding tert-OH is 1. The highest BCUT2D eigenvalue weighted by Gasteiger charge is 2.10. The third kappa shape index (κ3) is 4.44. The molecule has 0 spiro atoms. The van der Waals surface area contributed by atoms with Crippen LogP contribution in [0.15, 0.2) is 17.5 Å². The van der Waals surface area contributed by atoms with Crippen molar-refractivity contribution in [1.29, 1.82) is 0 Å². The lowest BCUT2D eigenvalue weighted by atomic mass is 10.1. The van der Waals surface area contributed by atoms with E-state index in [1.165, 1.54) is 11.3 Å². The van der Waals surface area contributed by atoms with Crippen LogP contribution < -0.4 is 5.32 Å². The molecule has 0 saturated heterocycles. The van der Waals surface area contributed by atoms with Crippen LogP contribution in [0.3, 0.4) is 0 Å².